The molecule has 1 aromatic rings. The smallest absolute Gasteiger partial charge is 0.407 e. The molecule has 0 bridgehead atoms. The number of halogens is 2. The SMILES string of the molecule is CC(C)(C)OC(=O)NC1CCC(Nc2cccc(Cl)c2Br)C1. The largest absolute Gasteiger partial charge is 0.444 e. The van der Waals surface area contributed by atoms with Gasteiger partial charge in [0.15, 0.2) is 0 Å². The van der Waals surface area contributed by atoms with E-state index in [1.54, 1.807) is 0 Å². The van der Waals surface area contributed by atoms with E-state index in [0.717, 1.165) is 29.4 Å². The maximum absolute atomic E-state index is 11.8. The van der Waals surface area contributed by atoms with Gasteiger partial charge < -0.3 is 15.4 Å². The maximum atomic E-state index is 11.8. The Morgan fingerprint density at radius 3 is 2.68 bits per heavy atom. The van der Waals surface area contributed by atoms with Crippen LogP contribution in [0.1, 0.15) is 40.0 Å². The summed E-state index contributed by atoms with van der Waals surface area (Å²) >= 11 is 9.59. The molecule has 122 valence electrons. The Bertz CT molecular complexity index is 545. The van der Waals surface area contributed by atoms with E-state index in [1.807, 2.05) is 39.0 Å². The van der Waals surface area contributed by atoms with E-state index < -0.39 is 5.60 Å². The number of hydrogen-bond acceptors (Lipinski definition) is 3. The van der Waals surface area contributed by atoms with Gasteiger partial charge in [0.2, 0.25) is 0 Å². The van der Waals surface area contributed by atoms with E-state index in [4.69, 9.17) is 16.3 Å². The van der Waals surface area contributed by atoms with Crippen molar-refractivity contribution in [1.29, 1.82) is 0 Å². The molecule has 2 N–H and O–H groups in total. The molecule has 1 saturated carbocycles. The van der Waals surface area contributed by atoms with Crippen molar-refractivity contribution in [3.05, 3.63) is 27.7 Å². The standard InChI is InChI=1S/C16H22BrClN2O2/c1-16(2,3)22-15(21)20-11-8-7-10(9-11)19-13-6-4-5-12(18)14(13)17/h4-6,10-11,19H,7-9H2,1-3H3,(H,20,21). The molecule has 0 saturated heterocycles. The zero-order chi connectivity index (χ0) is 16.3. The number of carbonyl (C=O) groups is 1. The molecule has 0 aliphatic heterocycles. The van der Waals surface area contributed by atoms with E-state index in [0.29, 0.717) is 11.1 Å². The van der Waals surface area contributed by atoms with Crippen LogP contribution in [0.25, 0.3) is 0 Å². The van der Waals surface area contributed by atoms with Crippen LogP contribution in [0.2, 0.25) is 5.02 Å². The van der Waals surface area contributed by atoms with Crippen molar-refractivity contribution in [3.8, 4) is 0 Å². The summed E-state index contributed by atoms with van der Waals surface area (Å²) in [6.45, 7) is 5.59. The van der Waals surface area contributed by atoms with Gasteiger partial charge in [-0.05, 0) is 68.1 Å². The number of hydrogen-bond donors (Lipinski definition) is 2. The molecule has 1 aliphatic carbocycles. The fourth-order valence-corrected chi connectivity index (χ4v) is 3.11. The summed E-state index contributed by atoms with van der Waals surface area (Å²) in [4.78, 5) is 11.8. The second-order valence-electron chi connectivity index (χ2n) is 6.60. The number of benzene rings is 1. The third-order valence-electron chi connectivity index (χ3n) is 3.46. The molecule has 1 aliphatic rings. The number of alkyl carbamates (subject to hydrolysis) is 1. The Kier molecular flexibility index (Phi) is 5.61. The van der Waals surface area contributed by atoms with Crippen molar-refractivity contribution in [2.45, 2.75) is 57.7 Å². The first-order valence-corrected chi connectivity index (χ1v) is 8.62. The highest BCUT2D eigenvalue weighted by molar-refractivity contribution is 9.10. The fraction of sp³-hybridized carbons (Fsp3) is 0.562. The minimum absolute atomic E-state index is 0.144. The molecule has 1 amide bonds. The number of nitrogens with one attached hydrogen (secondary N) is 2. The number of carbonyl (C=O) groups excluding carboxylic acids is 1. The van der Waals surface area contributed by atoms with E-state index >= 15 is 0 Å². The zero-order valence-corrected chi connectivity index (χ0v) is 15.4. The molecule has 0 aromatic heterocycles. The second-order valence-corrected chi connectivity index (χ2v) is 7.80. The van der Waals surface area contributed by atoms with Crippen molar-refractivity contribution < 1.29 is 9.53 Å². The van der Waals surface area contributed by atoms with Gasteiger partial charge in [0.05, 0.1) is 15.2 Å². The Labute approximate surface area is 145 Å². The molecule has 2 unspecified atom stereocenters. The van der Waals surface area contributed by atoms with Crippen LogP contribution in [0.5, 0.6) is 0 Å². The predicted octanol–water partition coefficient (Wildman–Crippen LogP) is 4.96. The Hall–Kier alpha value is -0.940. The minimum Gasteiger partial charge on any atom is -0.444 e. The van der Waals surface area contributed by atoms with Gasteiger partial charge in [-0.2, -0.15) is 0 Å². The topological polar surface area (TPSA) is 50.4 Å². The van der Waals surface area contributed by atoms with Gasteiger partial charge >= 0.3 is 6.09 Å². The van der Waals surface area contributed by atoms with Gasteiger partial charge in [-0.3, -0.25) is 0 Å². The number of ether oxygens (including phenoxy) is 1. The average molecular weight is 390 g/mol. The predicted molar refractivity (Wildman–Crippen MR) is 93.6 cm³/mol. The van der Waals surface area contributed by atoms with Gasteiger partial charge in [-0.15, -0.1) is 0 Å². The van der Waals surface area contributed by atoms with Crippen molar-refractivity contribution in [1.82, 2.24) is 5.32 Å². The molecule has 0 heterocycles. The van der Waals surface area contributed by atoms with Crippen LogP contribution in [0, 0.1) is 0 Å². The summed E-state index contributed by atoms with van der Waals surface area (Å²) in [5.74, 6) is 0. The lowest BCUT2D eigenvalue weighted by Gasteiger charge is -2.22. The molecular weight excluding hydrogens is 368 g/mol. The van der Waals surface area contributed by atoms with Gasteiger partial charge in [0.1, 0.15) is 5.60 Å². The molecule has 0 spiro atoms. The first kappa shape index (κ1) is 17.4. The van der Waals surface area contributed by atoms with Gasteiger partial charge in [0.25, 0.3) is 0 Å². The third kappa shape index (κ3) is 5.06. The lowest BCUT2D eigenvalue weighted by Crippen LogP contribution is -2.38. The zero-order valence-electron chi connectivity index (χ0n) is 13.1. The molecule has 2 atom stereocenters. The molecule has 1 fully saturated rings. The quantitative estimate of drug-likeness (QED) is 0.768. The Balaban J connectivity index is 1.85. The van der Waals surface area contributed by atoms with E-state index in [1.165, 1.54) is 0 Å². The second kappa shape index (κ2) is 7.09. The fourth-order valence-electron chi connectivity index (χ4n) is 2.55. The van der Waals surface area contributed by atoms with Crippen LogP contribution in [0.15, 0.2) is 22.7 Å². The van der Waals surface area contributed by atoms with Crippen LogP contribution in [0.3, 0.4) is 0 Å². The molecular formula is C16H22BrClN2O2. The lowest BCUT2D eigenvalue weighted by atomic mass is 10.2. The monoisotopic (exact) mass is 388 g/mol. The van der Waals surface area contributed by atoms with Crippen LogP contribution in [-0.2, 0) is 4.74 Å². The first-order chi connectivity index (χ1) is 10.2. The molecule has 1 aromatic carbocycles. The lowest BCUT2D eigenvalue weighted by molar-refractivity contribution is 0.0505. The van der Waals surface area contributed by atoms with Crippen LogP contribution >= 0.6 is 27.5 Å². The molecule has 0 radical (unpaired) electrons. The van der Waals surface area contributed by atoms with Crippen LogP contribution in [-0.4, -0.2) is 23.8 Å². The summed E-state index contributed by atoms with van der Waals surface area (Å²) in [5, 5.41) is 7.10. The minimum atomic E-state index is -0.466. The van der Waals surface area contributed by atoms with Crippen molar-refractivity contribution in [3.63, 3.8) is 0 Å². The molecule has 22 heavy (non-hydrogen) atoms. The van der Waals surface area contributed by atoms with Gasteiger partial charge in [-0.25, -0.2) is 4.79 Å². The Morgan fingerprint density at radius 2 is 2.00 bits per heavy atom. The normalized spacial score (nSPS) is 21.5. The first-order valence-electron chi connectivity index (χ1n) is 7.44. The third-order valence-corrected chi connectivity index (χ3v) is 4.86. The molecule has 6 heteroatoms. The highest BCUT2D eigenvalue weighted by atomic mass is 79.9. The van der Waals surface area contributed by atoms with E-state index in [9.17, 15) is 4.79 Å². The van der Waals surface area contributed by atoms with Crippen molar-refractivity contribution >= 4 is 39.3 Å². The summed E-state index contributed by atoms with van der Waals surface area (Å²) < 4.78 is 6.17. The summed E-state index contributed by atoms with van der Waals surface area (Å²) in [5.41, 5.74) is 0.516. The summed E-state index contributed by atoms with van der Waals surface area (Å²) in [6, 6.07) is 6.21. The van der Waals surface area contributed by atoms with Crippen molar-refractivity contribution in [2.75, 3.05) is 5.32 Å². The van der Waals surface area contributed by atoms with Crippen LogP contribution in [0.4, 0.5) is 10.5 Å². The maximum Gasteiger partial charge on any atom is 0.407 e. The molecule has 2 rings (SSSR count). The number of rotatable bonds is 3. The van der Waals surface area contributed by atoms with E-state index in [2.05, 4.69) is 26.6 Å². The Morgan fingerprint density at radius 1 is 1.32 bits per heavy atom. The molecule has 4 nitrogen and oxygen atoms in total. The summed E-state index contributed by atoms with van der Waals surface area (Å²) in [7, 11) is 0. The summed E-state index contributed by atoms with van der Waals surface area (Å²) in [6.07, 6.45) is 2.47. The highest BCUT2D eigenvalue weighted by Gasteiger charge is 2.28. The van der Waals surface area contributed by atoms with E-state index in [-0.39, 0.29) is 12.1 Å². The number of anilines is 1. The van der Waals surface area contributed by atoms with Crippen molar-refractivity contribution in [2.24, 2.45) is 0 Å². The highest BCUT2D eigenvalue weighted by Crippen LogP contribution is 2.32. The van der Waals surface area contributed by atoms with Gasteiger partial charge in [0, 0.05) is 12.1 Å². The number of amides is 1. The van der Waals surface area contributed by atoms with Crippen LogP contribution < -0.4 is 10.6 Å². The van der Waals surface area contributed by atoms with Gasteiger partial charge in [-0.1, -0.05) is 17.7 Å². The average Bonchev–Trinajstić information content (AvgIpc) is 2.80.